The molecule has 43 heavy (non-hydrogen) atoms. The molecule has 3 heterocycles. The molecular formula is C32H24N4O5S2. The number of rotatable bonds is 8. The van der Waals surface area contributed by atoms with E-state index in [1.54, 1.807) is 30.5 Å². The van der Waals surface area contributed by atoms with E-state index in [1.165, 1.54) is 31.0 Å². The number of aromatic nitrogens is 1. The third-order valence-corrected chi connectivity index (χ3v) is 8.34. The molecule has 2 atom stereocenters. The maximum Gasteiger partial charge on any atom is 0.337 e. The molecule has 11 heteroatoms. The number of hydrogen-bond acceptors (Lipinski definition) is 8. The van der Waals surface area contributed by atoms with Crippen molar-refractivity contribution >= 4 is 46.4 Å². The number of carbonyl (C=O) groups is 1. The molecule has 3 aromatic carbocycles. The normalized spacial score (nSPS) is 16.1. The predicted octanol–water partition coefficient (Wildman–Crippen LogP) is 7.36. The summed E-state index contributed by atoms with van der Waals surface area (Å²) in [6.45, 7) is 0. The molecule has 0 saturated carbocycles. The van der Waals surface area contributed by atoms with E-state index in [2.05, 4.69) is 10.3 Å². The van der Waals surface area contributed by atoms with Crippen LogP contribution in [0.5, 0.6) is 0 Å². The van der Waals surface area contributed by atoms with Crippen LogP contribution in [0.2, 0.25) is 0 Å². The number of furan rings is 1. The first-order chi connectivity index (χ1) is 20.9. The van der Waals surface area contributed by atoms with E-state index in [0.29, 0.717) is 22.2 Å². The summed E-state index contributed by atoms with van der Waals surface area (Å²) >= 11 is 7.35. The highest BCUT2D eigenvalue weighted by Crippen LogP contribution is 2.43. The lowest BCUT2D eigenvalue weighted by molar-refractivity contribution is -0.384. The first-order valence-electron chi connectivity index (χ1n) is 13.2. The van der Waals surface area contributed by atoms with Crippen LogP contribution in [0, 0.1) is 10.1 Å². The van der Waals surface area contributed by atoms with Gasteiger partial charge in [0.25, 0.3) is 5.69 Å². The minimum atomic E-state index is -0.409. The molecule has 0 unspecified atom stereocenters. The lowest BCUT2D eigenvalue weighted by Crippen LogP contribution is -2.29. The summed E-state index contributed by atoms with van der Waals surface area (Å²) in [5.41, 5.74) is 3.03. The lowest BCUT2D eigenvalue weighted by Gasteiger charge is -2.26. The standard InChI is InChI=1S/C32H24N4O5S2/c1-40-31(37)21-7-5-20(6-8-21)27-17-18-28(41-27)30-29(26-4-2-3-19-33-26)34-32(42)35(30)22-9-13-24(14-10-22)43-25-15-11-23(12-16-25)36(38)39/h2-19,29-30H,1H3,(H,34,42)/t29-,30-/m0/s1. The number of non-ortho nitro benzene ring substituents is 1. The van der Waals surface area contributed by atoms with Crippen molar-refractivity contribution in [3.63, 3.8) is 0 Å². The minimum Gasteiger partial charge on any atom is -0.465 e. The third kappa shape index (κ3) is 5.85. The zero-order chi connectivity index (χ0) is 29.9. The molecule has 1 N–H and O–H groups in total. The molecule has 6 rings (SSSR count). The molecule has 0 radical (unpaired) electrons. The number of nitro benzene ring substituents is 1. The molecular weight excluding hydrogens is 585 g/mol. The van der Waals surface area contributed by atoms with Gasteiger partial charge in [-0.3, -0.25) is 15.1 Å². The highest BCUT2D eigenvalue weighted by molar-refractivity contribution is 7.99. The van der Waals surface area contributed by atoms with Crippen molar-refractivity contribution in [3.8, 4) is 11.3 Å². The Labute approximate surface area is 256 Å². The Morgan fingerprint density at radius 3 is 2.30 bits per heavy atom. The maximum absolute atomic E-state index is 11.9. The molecule has 214 valence electrons. The number of thiocarbonyl (C=S) groups is 1. The summed E-state index contributed by atoms with van der Waals surface area (Å²) in [7, 11) is 1.35. The molecule has 1 aliphatic heterocycles. The molecule has 9 nitrogen and oxygen atoms in total. The van der Waals surface area contributed by atoms with Gasteiger partial charge in [-0.2, -0.15) is 0 Å². The highest BCUT2D eigenvalue weighted by Gasteiger charge is 2.42. The molecule has 1 fully saturated rings. The van der Waals surface area contributed by atoms with Crippen molar-refractivity contribution in [2.24, 2.45) is 0 Å². The van der Waals surface area contributed by atoms with E-state index < -0.39 is 10.9 Å². The fourth-order valence-electron chi connectivity index (χ4n) is 4.92. The Balaban J connectivity index is 1.30. The van der Waals surface area contributed by atoms with Crippen molar-refractivity contribution in [2.45, 2.75) is 21.9 Å². The van der Waals surface area contributed by atoms with Gasteiger partial charge in [0.1, 0.15) is 17.6 Å². The van der Waals surface area contributed by atoms with Crippen LogP contribution >= 0.6 is 24.0 Å². The largest absolute Gasteiger partial charge is 0.465 e. The number of benzene rings is 3. The van der Waals surface area contributed by atoms with E-state index in [-0.39, 0.29) is 17.8 Å². The fraction of sp³-hybridized carbons (Fsp3) is 0.0938. The minimum absolute atomic E-state index is 0.0579. The molecule has 0 spiro atoms. The zero-order valence-electron chi connectivity index (χ0n) is 22.7. The Morgan fingerprint density at radius 1 is 0.977 bits per heavy atom. The quantitative estimate of drug-likeness (QED) is 0.0830. The van der Waals surface area contributed by atoms with E-state index >= 15 is 0 Å². The molecule has 1 saturated heterocycles. The monoisotopic (exact) mass is 608 g/mol. The third-order valence-electron chi connectivity index (χ3n) is 7.01. The predicted molar refractivity (Wildman–Crippen MR) is 167 cm³/mol. The topological polar surface area (TPSA) is 111 Å². The van der Waals surface area contributed by atoms with E-state index in [0.717, 1.165) is 26.7 Å². The van der Waals surface area contributed by atoms with Gasteiger partial charge in [-0.05, 0) is 85.0 Å². The Kier molecular flexibility index (Phi) is 7.91. The number of pyridine rings is 1. The molecule has 0 bridgehead atoms. The Morgan fingerprint density at radius 2 is 1.67 bits per heavy atom. The van der Waals surface area contributed by atoms with Crippen molar-refractivity contribution in [3.05, 3.63) is 136 Å². The number of methoxy groups -OCH3 is 1. The number of carbonyl (C=O) groups excluding carboxylic acids is 1. The second-order valence-corrected chi connectivity index (χ2v) is 11.1. The van der Waals surface area contributed by atoms with Crippen LogP contribution in [0.25, 0.3) is 11.3 Å². The van der Waals surface area contributed by atoms with Gasteiger partial charge >= 0.3 is 5.97 Å². The van der Waals surface area contributed by atoms with Gasteiger partial charge in [-0.15, -0.1) is 0 Å². The Bertz CT molecular complexity index is 1780. The van der Waals surface area contributed by atoms with Gasteiger partial charge in [0.2, 0.25) is 0 Å². The molecule has 1 aliphatic rings. The number of nitro groups is 1. The summed E-state index contributed by atoms with van der Waals surface area (Å²) in [5.74, 6) is 0.946. The van der Waals surface area contributed by atoms with E-state index in [9.17, 15) is 14.9 Å². The number of nitrogens with zero attached hydrogens (tertiary/aromatic N) is 3. The van der Waals surface area contributed by atoms with Gasteiger partial charge < -0.3 is 19.4 Å². The summed E-state index contributed by atoms with van der Waals surface area (Å²) in [6, 6.07) is 30.5. The van der Waals surface area contributed by atoms with Crippen LogP contribution < -0.4 is 10.2 Å². The van der Waals surface area contributed by atoms with Crippen molar-refractivity contribution < 1.29 is 18.9 Å². The van der Waals surface area contributed by atoms with E-state index in [1.807, 2.05) is 71.6 Å². The zero-order valence-corrected chi connectivity index (χ0v) is 24.4. The lowest BCUT2D eigenvalue weighted by atomic mass is 10.0. The van der Waals surface area contributed by atoms with Crippen molar-refractivity contribution in [2.75, 3.05) is 12.0 Å². The van der Waals surface area contributed by atoms with Gasteiger partial charge in [-0.1, -0.05) is 30.0 Å². The summed E-state index contributed by atoms with van der Waals surface area (Å²) in [6.07, 6.45) is 1.75. The second kappa shape index (κ2) is 12.1. The first kappa shape index (κ1) is 28.1. The van der Waals surface area contributed by atoms with Gasteiger partial charge in [0, 0.05) is 39.4 Å². The molecule has 2 aromatic heterocycles. The number of esters is 1. The Hall–Kier alpha value is -5.00. The van der Waals surface area contributed by atoms with Gasteiger partial charge in [0.15, 0.2) is 5.11 Å². The SMILES string of the molecule is COC(=O)c1ccc(-c2ccc([C@H]3[C@H](c4ccccn4)NC(=S)N3c3ccc(Sc4ccc([N+](=O)[O-])cc4)cc3)o2)cc1. The molecule has 0 amide bonds. The number of hydrogen-bond donors (Lipinski definition) is 1. The summed E-state index contributed by atoms with van der Waals surface area (Å²) in [4.78, 5) is 30.9. The number of nitrogens with one attached hydrogen (secondary N) is 1. The van der Waals surface area contributed by atoms with E-state index in [4.69, 9.17) is 21.4 Å². The second-order valence-electron chi connectivity index (χ2n) is 9.61. The average molecular weight is 609 g/mol. The number of ether oxygens (including phenoxy) is 1. The van der Waals surface area contributed by atoms with Crippen molar-refractivity contribution in [1.82, 2.24) is 10.3 Å². The highest BCUT2D eigenvalue weighted by atomic mass is 32.2. The number of anilines is 1. The van der Waals surface area contributed by atoms with Crippen LogP contribution in [-0.2, 0) is 4.74 Å². The van der Waals surface area contributed by atoms with Crippen LogP contribution in [-0.4, -0.2) is 28.1 Å². The van der Waals surface area contributed by atoms with Crippen molar-refractivity contribution in [1.29, 1.82) is 0 Å². The maximum atomic E-state index is 11.9. The van der Waals surface area contributed by atoms with Crippen LogP contribution in [0.15, 0.2) is 124 Å². The summed E-state index contributed by atoms with van der Waals surface area (Å²) < 4.78 is 11.2. The van der Waals surface area contributed by atoms with Crippen LogP contribution in [0.4, 0.5) is 11.4 Å². The average Bonchev–Trinajstić information content (AvgIpc) is 3.66. The van der Waals surface area contributed by atoms with Gasteiger partial charge in [-0.25, -0.2) is 4.79 Å². The smallest absolute Gasteiger partial charge is 0.337 e. The van der Waals surface area contributed by atoms with Crippen LogP contribution in [0.1, 0.15) is 33.9 Å². The summed E-state index contributed by atoms with van der Waals surface area (Å²) in [5, 5.41) is 14.9. The van der Waals surface area contributed by atoms with Crippen LogP contribution in [0.3, 0.4) is 0 Å². The molecule has 5 aromatic rings. The van der Waals surface area contributed by atoms with Gasteiger partial charge in [0.05, 0.1) is 29.3 Å². The fourth-order valence-corrected chi connectivity index (χ4v) is 6.09. The first-order valence-corrected chi connectivity index (χ1v) is 14.5. The molecule has 0 aliphatic carbocycles.